The Morgan fingerprint density at radius 2 is 1.14 bits per heavy atom. The number of aromatic nitrogens is 2. The Morgan fingerprint density at radius 3 is 1.59 bits per heavy atom. The van der Waals surface area contributed by atoms with Crippen molar-refractivity contribution in [2.24, 2.45) is 5.73 Å². The molecule has 0 saturated carbocycles. The summed E-state index contributed by atoms with van der Waals surface area (Å²) in [5, 5.41) is 78.4. The molecule has 17 rings (SSSR count). The second-order valence-corrected chi connectivity index (χ2v) is 34.8. The summed E-state index contributed by atoms with van der Waals surface area (Å²) >= 11 is 3.34. The number of carbonyl (C=O) groups is 4. The first-order valence-electron chi connectivity index (χ1n) is 39.4. The average molecular weight is 1640 g/mol. The number of aliphatic hydroxyl groups excluding tert-OH is 2. The lowest BCUT2D eigenvalue weighted by atomic mass is 9.71. The molecular weight excluding hydrogens is 1530 g/mol. The molecule has 9 aliphatic rings. The number of phenols is 2. The molecule has 2 saturated heterocycles. The number of nitrogens with zero attached hydrogens (tertiary/aromatic N) is 6. The average Bonchev–Trinajstić information content (AvgIpc) is 1.54. The van der Waals surface area contributed by atoms with Gasteiger partial charge in [-0.25, -0.2) is 0 Å². The number of carboxylic acid groups (broad SMARTS) is 1. The maximum atomic E-state index is 12.4. The topological polar surface area (TPSA) is 373 Å². The number of carboxylic acids is 1. The lowest BCUT2D eigenvalue weighted by Crippen LogP contribution is -2.69. The van der Waals surface area contributed by atoms with Gasteiger partial charge in [-0.15, -0.1) is 23.5 Å². The largest absolute Gasteiger partial charge is 0.504 e. The van der Waals surface area contributed by atoms with E-state index < -0.39 is 35.7 Å². The number of Topliss-reactive ketones (excluding diaryl/α,β-unsaturated/α-hetero) is 1. The van der Waals surface area contributed by atoms with Crippen LogP contribution in [0.1, 0.15) is 161 Å². The van der Waals surface area contributed by atoms with E-state index in [0.29, 0.717) is 78.9 Å². The predicted molar refractivity (Wildman–Crippen MR) is 443 cm³/mol. The molecule has 0 amide bonds. The van der Waals surface area contributed by atoms with Gasteiger partial charge in [0.2, 0.25) is 13.6 Å². The number of ether oxygens (including phenoxy) is 8. The van der Waals surface area contributed by atoms with Crippen molar-refractivity contribution in [3.63, 3.8) is 0 Å². The van der Waals surface area contributed by atoms with Gasteiger partial charge in [0.05, 0.1) is 75.0 Å². The number of nitriles is 2. The Bertz CT molecular complexity index is 5320. The van der Waals surface area contributed by atoms with E-state index in [2.05, 4.69) is 137 Å². The number of H-pyrrole nitrogens is 2. The Balaban J connectivity index is 0.000000161. The minimum Gasteiger partial charge on any atom is -0.504 e. The van der Waals surface area contributed by atoms with Crippen molar-refractivity contribution < 1.29 is 82.6 Å². The number of methoxy groups -OCH3 is 2. The summed E-state index contributed by atoms with van der Waals surface area (Å²) in [5.74, 6) is 3.72. The normalized spacial score (nSPS) is 25.6. The molecule has 8 aromatic rings. The number of benzene rings is 6. The number of aliphatic hydroxyl groups is 2. The summed E-state index contributed by atoms with van der Waals surface area (Å²) in [6.07, 6.45) is 4.48. The first-order valence-corrected chi connectivity index (χ1v) is 41.5. The quantitative estimate of drug-likeness (QED) is 0.0360. The fraction of sp³-hybridized carbons (Fsp3) is 0.477. The molecule has 2 fully saturated rings. The fourth-order valence-corrected chi connectivity index (χ4v) is 23.5. The molecule has 4 bridgehead atoms. The van der Waals surface area contributed by atoms with Crippen LogP contribution < -0.4 is 39.5 Å². The number of phenolic OH excluding ortho intramolecular Hbond substituents is 2. The van der Waals surface area contributed by atoms with Crippen LogP contribution in [0.25, 0.3) is 21.8 Å². The molecule has 15 atom stereocenters. The third kappa shape index (κ3) is 14.4. The molecule has 0 unspecified atom stereocenters. The van der Waals surface area contributed by atoms with Gasteiger partial charge in [0.25, 0.3) is 18.9 Å². The zero-order valence-electron chi connectivity index (χ0n) is 68.6. The maximum absolute atomic E-state index is 12.4. The van der Waals surface area contributed by atoms with E-state index in [-0.39, 0.29) is 122 Å². The number of fused-ring (bicyclic) bond motifs is 22. The van der Waals surface area contributed by atoms with E-state index in [1.807, 2.05) is 40.9 Å². The molecule has 117 heavy (non-hydrogen) atoms. The summed E-state index contributed by atoms with van der Waals surface area (Å²) in [5.41, 5.74) is 26.2. The van der Waals surface area contributed by atoms with Crippen molar-refractivity contribution in [1.29, 1.82) is 10.5 Å². The zero-order chi connectivity index (χ0) is 83.8. The van der Waals surface area contributed by atoms with Gasteiger partial charge < -0.3 is 84.4 Å². The van der Waals surface area contributed by atoms with Crippen LogP contribution in [0.4, 0.5) is 0 Å². The molecule has 0 aliphatic carbocycles. The third-order valence-corrected chi connectivity index (χ3v) is 28.5. The second kappa shape index (κ2) is 33.6. The number of piperazine rings is 2. The molecule has 9 aliphatic heterocycles. The van der Waals surface area contributed by atoms with Crippen molar-refractivity contribution in [2.45, 2.75) is 190 Å². The molecule has 11 heterocycles. The lowest BCUT2D eigenvalue weighted by molar-refractivity contribution is -0.135. The minimum atomic E-state index is -0.833. The number of nitrogens with one attached hydrogen (secondary N) is 3. The Morgan fingerprint density at radius 1 is 0.667 bits per heavy atom. The first kappa shape index (κ1) is 83.7. The van der Waals surface area contributed by atoms with Crippen molar-refractivity contribution in [2.75, 3.05) is 79.8 Å². The van der Waals surface area contributed by atoms with Crippen LogP contribution in [0.3, 0.4) is 0 Å². The number of hydrogen-bond acceptors (Lipinski definition) is 26. The number of carbonyl (C=O) groups excluding carboxylic acids is 3. The molecule has 29 heteroatoms. The Labute approximate surface area is 688 Å². The number of likely N-dealkylation sites (N-methyl/N-ethyl adjacent to an activating group) is 2. The van der Waals surface area contributed by atoms with Crippen molar-refractivity contribution in [3.05, 3.63) is 161 Å². The lowest BCUT2D eigenvalue weighted by Gasteiger charge is -2.62. The van der Waals surface area contributed by atoms with Gasteiger partial charge >= 0.3 is 0 Å². The monoisotopic (exact) mass is 1640 g/mol. The highest BCUT2D eigenvalue weighted by Crippen LogP contribution is 2.66. The molecule has 0 spiro atoms. The molecule has 620 valence electrons. The molecule has 27 nitrogen and oxygen atoms in total. The van der Waals surface area contributed by atoms with Crippen LogP contribution >= 0.6 is 23.5 Å². The number of aromatic amines is 2. The number of hydrogen-bond donors (Lipinski definition) is 9. The summed E-state index contributed by atoms with van der Waals surface area (Å²) < 4.78 is 46.9. The van der Waals surface area contributed by atoms with E-state index in [4.69, 9.17) is 58.6 Å². The van der Waals surface area contributed by atoms with E-state index in [1.165, 1.54) is 44.8 Å². The highest BCUT2D eigenvalue weighted by atomic mass is 32.2. The Kier molecular flexibility index (Phi) is 24.0. The standard InChI is InChI=1S/C43H49N5O7S.C31H35N3O7S.C12H16N2O.C2H4O2/c1-20-8-9-28-26(10-20)27-13-25(15-49)46-43(5,42(27)45-28)17-56-41-32-22(3)23(4)39-40(55-19-54-39)34(32)31(16-53-18-50)48-30(14-44)29-12-24-11-21(2)38(52-7)37(51)33(24)35(36(41)48)47(29)6;1-14-7-18-8-19-20(9-32)34-21(10-39-12-35)24-22(16(3)17(4)29-30(24)41-13-40-29)31(42-11-15(2)36)26(34)25(33(19)5)23(18)27(37)28(14)38-6;1-8-2-3-12-11(4-8)9(6-14-12)5-10(13)7-15;1-2(3)4/h8-11,18,25,29-31,35-36,41,45-46,49,51H,12-13,15-17,19H2,1-7H3;7,12,19-21,25-26,31,37H,8,10-11,13H2,1-6H3;2-4,6,10,14-15H,5,7,13H2,1H3;1H3,(H,3,4)/t25-,29-,30-,31-,35+,36+,41+,43+;19-,20-,21-,25+,26+,31+;10-;/m000./s1. The van der Waals surface area contributed by atoms with E-state index in [1.54, 1.807) is 32.9 Å². The number of ketones is 1. The van der Waals surface area contributed by atoms with Gasteiger partial charge in [0, 0.05) is 115 Å². The van der Waals surface area contributed by atoms with Crippen molar-refractivity contribution in [1.82, 2.24) is 34.9 Å². The van der Waals surface area contributed by atoms with Crippen LogP contribution in [0.2, 0.25) is 0 Å². The third-order valence-electron chi connectivity index (χ3n) is 25.5. The van der Waals surface area contributed by atoms with E-state index in [9.17, 15) is 40.2 Å². The number of thioether (sulfide) groups is 2. The van der Waals surface area contributed by atoms with Gasteiger partial charge in [-0.2, -0.15) is 10.5 Å². The number of aromatic hydroxyl groups is 2. The van der Waals surface area contributed by atoms with Crippen LogP contribution in [-0.2, 0) is 59.9 Å². The van der Waals surface area contributed by atoms with Gasteiger partial charge in [-0.05, 0) is 200 Å². The first-order chi connectivity index (χ1) is 56.0. The van der Waals surface area contributed by atoms with Crippen LogP contribution in [0, 0.1) is 78.1 Å². The van der Waals surface area contributed by atoms with Crippen LogP contribution in [0.15, 0.2) is 54.7 Å². The minimum absolute atomic E-state index is 0.00351. The summed E-state index contributed by atoms with van der Waals surface area (Å²) in [4.78, 5) is 60.8. The Hall–Kier alpha value is -9.76. The molecule has 10 N–H and O–H groups in total. The molecule has 6 aromatic carbocycles. The molecule has 0 radical (unpaired) electrons. The zero-order valence-corrected chi connectivity index (χ0v) is 70.3. The maximum Gasteiger partial charge on any atom is 0.300 e. The highest BCUT2D eigenvalue weighted by molar-refractivity contribution is 8.00. The smallest absolute Gasteiger partial charge is 0.300 e. The van der Waals surface area contributed by atoms with Crippen molar-refractivity contribution in [3.8, 4) is 58.1 Å². The van der Waals surface area contributed by atoms with E-state index >= 15 is 0 Å². The SMILES string of the molecule is CC(=O)O.COc1c(C)cc2c(c1O)[C@@H]1[C@@H]3[C@H](SCC(C)=O)c4c(C)c(C)c5c(c4[C@H](COC=O)N3[C@@H](C#N)[C@H](C2)N1C)OCO5.COc1c(C)cc2c(c1O)[C@@H]1[C@@H]3[C@H](SC[C@@]4(C)N[C@H](CO)Cc5c4[nH]c4ccc(C)cc54)c4c(C)c(C)c5c(c4[C@H](COC=O)N3[C@@H](C#N)[C@H](C2)N1C)OCO5.Cc1ccc2[nH]cc(C[C@H](N)CO)c2c1. The second-order valence-electron chi connectivity index (χ2n) is 32.5. The summed E-state index contributed by atoms with van der Waals surface area (Å²) in [6, 6.07) is 17.8. The number of rotatable bonds is 18. The number of aryl methyl sites for hydroxylation is 4. The predicted octanol–water partition coefficient (Wildman–Crippen LogP) is 10.7. The van der Waals surface area contributed by atoms with E-state index in [0.717, 1.165) is 102 Å². The van der Waals surface area contributed by atoms with Gasteiger partial charge in [0.15, 0.2) is 46.0 Å². The highest BCUT2D eigenvalue weighted by Gasteiger charge is 2.63. The molecule has 2 aromatic heterocycles. The molecular formula is C88H104N10O17S2. The number of nitrogens with two attached hydrogens (primary N) is 1. The van der Waals surface area contributed by atoms with Crippen LogP contribution in [0.5, 0.6) is 46.0 Å². The van der Waals surface area contributed by atoms with Gasteiger partial charge in [-0.1, -0.05) is 35.4 Å². The summed E-state index contributed by atoms with van der Waals surface area (Å²) in [6.45, 7) is 22.2. The van der Waals surface area contributed by atoms with Gasteiger partial charge in [0.1, 0.15) is 31.1 Å². The number of aliphatic carboxylic acids is 1. The van der Waals surface area contributed by atoms with Gasteiger partial charge in [-0.3, -0.25) is 38.8 Å². The van der Waals surface area contributed by atoms with Crippen molar-refractivity contribution >= 4 is 70.0 Å². The fourth-order valence-electron chi connectivity index (χ4n) is 20.4. The van der Waals surface area contributed by atoms with Crippen LogP contribution in [-0.4, -0.2) is 208 Å². The summed E-state index contributed by atoms with van der Waals surface area (Å²) in [7, 11) is 7.19.